The van der Waals surface area contributed by atoms with Crippen LogP contribution in [-0.4, -0.2) is 18.6 Å². The van der Waals surface area contributed by atoms with Gasteiger partial charge in [-0.2, -0.15) is 0 Å². The van der Waals surface area contributed by atoms with E-state index in [1.165, 1.54) is 5.56 Å². The van der Waals surface area contributed by atoms with Gasteiger partial charge in [-0.1, -0.05) is 25.1 Å². The summed E-state index contributed by atoms with van der Waals surface area (Å²) in [7, 11) is 0. The fraction of sp³-hybridized carbons (Fsp3) is 0.588. The second kappa shape index (κ2) is 7.32. The molecular formula is C17H25NO2. The Morgan fingerprint density at radius 3 is 2.85 bits per heavy atom. The fourth-order valence-electron chi connectivity index (χ4n) is 3.03. The number of para-hydroxylation sites is 1. The van der Waals surface area contributed by atoms with Crippen LogP contribution < -0.4 is 10.1 Å². The molecule has 1 aliphatic rings. The van der Waals surface area contributed by atoms with Gasteiger partial charge in [0.15, 0.2) is 0 Å². The van der Waals surface area contributed by atoms with Crippen molar-refractivity contribution in [1.82, 2.24) is 5.32 Å². The molecule has 110 valence electrons. The molecule has 0 bridgehead atoms. The molecule has 0 spiro atoms. The first-order chi connectivity index (χ1) is 9.74. The van der Waals surface area contributed by atoms with Crippen molar-refractivity contribution in [3.8, 4) is 5.75 Å². The lowest BCUT2D eigenvalue weighted by molar-refractivity contribution is -0.121. The Kier molecular flexibility index (Phi) is 5.45. The summed E-state index contributed by atoms with van der Waals surface area (Å²) in [6, 6.07) is 8.62. The zero-order valence-electron chi connectivity index (χ0n) is 12.5. The molecule has 1 amide bonds. The quantitative estimate of drug-likeness (QED) is 0.860. The Balaban J connectivity index is 1.97. The minimum atomic E-state index is 0.191. The number of ether oxygens (including phenoxy) is 1. The van der Waals surface area contributed by atoms with Gasteiger partial charge >= 0.3 is 0 Å². The van der Waals surface area contributed by atoms with Gasteiger partial charge in [-0.15, -0.1) is 0 Å². The van der Waals surface area contributed by atoms with Crippen LogP contribution in [0.4, 0.5) is 0 Å². The molecule has 2 rings (SSSR count). The third kappa shape index (κ3) is 3.75. The van der Waals surface area contributed by atoms with E-state index in [-0.39, 0.29) is 5.91 Å². The first kappa shape index (κ1) is 14.9. The van der Waals surface area contributed by atoms with E-state index in [1.807, 2.05) is 26.0 Å². The van der Waals surface area contributed by atoms with E-state index in [1.54, 1.807) is 0 Å². The molecule has 1 fully saturated rings. The number of rotatable bonds is 6. The van der Waals surface area contributed by atoms with Gasteiger partial charge in [-0.3, -0.25) is 4.79 Å². The van der Waals surface area contributed by atoms with Crippen molar-refractivity contribution in [3.63, 3.8) is 0 Å². The van der Waals surface area contributed by atoms with Crippen LogP contribution >= 0.6 is 0 Å². The molecule has 20 heavy (non-hydrogen) atoms. The van der Waals surface area contributed by atoms with Gasteiger partial charge in [0, 0.05) is 12.5 Å². The lowest BCUT2D eigenvalue weighted by Crippen LogP contribution is -2.32. The predicted molar refractivity (Wildman–Crippen MR) is 81.0 cm³/mol. The summed E-state index contributed by atoms with van der Waals surface area (Å²) < 4.78 is 5.72. The lowest BCUT2D eigenvalue weighted by atomic mass is 9.96. The Morgan fingerprint density at radius 1 is 1.30 bits per heavy atom. The topological polar surface area (TPSA) is 38.3 Å². The highest BCUT2D eigenvalue weighted by Gasteiger charge is 2.28. The molecule has 1 aromatic rings. The Morgan fingerprint density at radius 2 is 2.10 bits per heavy atom. The minimum absolute atomic E-state index is 0.191. The average Bonchev–Trinajstić information content (AvgIpc) is 2.88. The van der Waals surface area contributed by atoms with Crippen molar-refractivity contribution in [2.45, 2.75) is 57.9 Å². The molecular weight excluding hydrogens is 250 g/mol. The number of hydrogen-bond acceptors (Lipinski definition) is 2. The van der Waals surface area contributed by atoms with Crippen LogP contribution in [0.1, 0.15) is 57.4 Å². The molecule has 2 atom stereocenters. The fourth-order valence-corrected chi connectivity index (χ4v) is 3.03. The summed E-state index contributed by atoms with van der Waals surface area (Å²) in [6.45, 7) is 4.75. The third-order valence-corrected chi connectivity index (χ3v) is 3.93. The summed E-state index contributed by atoms with van der Waals surface area (Å²) in [4.78, 5) is 11.7. The monoisotopic (exact) mass is 275 g/mol. The average molecular weight is 275 g/mol. The molecule has 2 unspecified atom stereocenters. The van der Waals surface area contributed by atoms with Crippen LogP contribution in [0, 0.1) is 0 Å². The number of benzene rings is 1. The molecule has 1 aromatic carbocycles. The van der Waals surface area contributed by atoms with E-state index < -0.39 is 0 Å². The largest absolute Gasteiger partial charge is 0.494 e. The van der Waals surface area contributed by atoms with Crippen molar-refractivity contribution in [2.24, 2.45) is 0 Å². The predicted octanol–water partition coefficient (Wildman–Crippen LogP) is 3.64. The second-order valence-electron chi connectivity index (χ2n) is 5.50. The van der Waals surface area contributed by atoms with Gasteiger partial charge < -0.3 is 10.1 Å². The normalized spacial score (nSPS) is 21.7. The van der Waals surface area contributed by atoms with Crippen LogP contribution in [0.3, 0.4) is 0 Å². The molecule has 0 heterocycles. The van der Waals surface area contributed by atoms with Gasteiger partial charge in [0.25, 0.3) is 0 Å². The maximum atomic E-state index is 11.7. The maximum Gasteiger partial charge on any atom is 0.220 e. The van der Waals surface area contributed by atoms with Crippen LogP contribution in [-0.2, 0) is 4.79 Å². The van der Waals surface area contributed by atoms with Crippen LogP contribution in [0.25, 0.3) is 0 Å². The van der Waals surface area contributed by atoms with Crippen molar-refractivity contribution in [2.75, 3.05) is 6.61 Å². The van der Waals surface area contributed by atoms with E-state index in [0.717, 1.165) is 31.4 Å². The van der Waals surface area contributed by atoms with E-state index >= 15 is 0 Å². The van der Waals surface area contributed by atoms with Gasteiger partial charge in [0.1, 0.15) is 5.75 Å². The van der Waals surface area contributed by atoms with E-state index in [2.05, 4.69) is 17.4 Å². The SMILES string of the molecule is CCCC(=O)NC1CCC(c2ccccc2OCC)C1. The molecule has 1 saturated carbocycles. The van der Waals surface area contributed by atoms with Gasteiger partial charge in [-0.25, -0.2) is 0 Å². The Labute approximate surface area is 121 Å². The molecule has 0 aromatic heterocycles. The summed E-state index contributed by atoms with van der Waals surface area (Å²) in [5.41, 5.74) is 1.29. The highest BCUT2D eigenvalue weighted by Crippen LogP contribution is 2.38. The molecule has 0 saturated heterocycles. The smallest absolute Gasteiger partial charge is 0.220 e. The zero-order valence-corrected chi connectivity index (χ0v) is 12.5. The number of nitrogens with one attached hydrogen (secondary N) is 1. The van der Waals surface area contributed by atoms with Crippen molar-refractivity contribution >= 4 is 5.91 Å². The zero-order chi connectivity index (χ0) is 14.4. The van der Waals surface area contributed by atoms with Crippen molar-refractivity contribution in [3.05, 3.63) is 29.8 Å². The standard InChI is InChI=1S/C17H25NO2/c1-3-7-17(19)18-14-11-10-13(12-14)15-8-5-6-9-16(15)20-4-2/h5-6,8-9,13-14H,3-4,7,10-12H2,1-2H3,(H,18,19). The van der Waals surface area contributed by atoms with E-state index in [0.29, 0.717) is 25.0 Å². The Bertz CT molecular complexity index is 444. The molecule has 1 aliphatic carbocycles. The van der Waals surface area contributed by atoms with E-state index in [4.69, 9.17) is 4.74 Å². The number of amides is 1. The highest BCUT2D eigenvalue weighted by molar-refractivity contribution is 5.76. The first-order valence-corrected chi connectivity index (χ1v) is 7.75. The van der Waals surface area contributed by atoms with Crippen molar-refractivity contribution < 1.29 is 9.53 Å². The second-order valence-corrected chi connectivity index (χ2v) is 5.50. The molecule has 1 N–H and O–H groups in total. The molecule has 3 nitrogen and oxygen atoms in total. The number of hydrogen-bond donors (Lipinski definition) is 1. The lowest BCUT2D eigenvalue weighted by Gasteiger charge is -2.16. The first-order valence-electron chi connectivity index (χ1n) is 7.75. The van der Waals surface area contributed by atoms with E-state index in [9.17, 15) is 4.79 Å². The van der Waals surface area contributed by atoms with Crippen LogP contribution in [0.15, 0.2) is 24.3 Å². The minimum Gasteiger partial charge on any atom is -0.494 e. The van der Waals surface area contributed by atoms with Gasteiger partial charge in [0.05, 0.1) is 6.61 Å². The summed E-state index contributed by atoms with van der Waals surface area (Å²) >= 11 is 0. The van der Waals surface area contributed by atoms with Crippen molar-refractivity contribution in [1.29, 1.82) is 0 Å². The maximum absolute atomic E-state index is 11.7. The molecule has 0 aliphatic heterocycles. The molecule has 3 heteroatoms. The number of carbonyl (C=O) groups is 1. The molecule has 0 radical (unpaired) electrons. The van der Waals surface area contributed by atoms with Gasteiger partial charge in [-0.05, 0) is 50.2 Å². The Hall–Kier alpha value is -1.51. The third-order valence-electron chi connectivity index (χ3n) is 3.93. The van der Waals surface area contributed by atoms with Gasteiger partial charge in [0.2, 0.25) is 5.91 Å². The summed E-state index contributed by atoms with van der Waals surface area (Å²) in [5, 5.41) is 3.15. The van der Waals surface area contributed by atoms with Crippen LogP contribution in [0.5, 0.6) is 5.75 Å². The summed E-state index contributed by atoms with van der Waals surface area (Å²) in [5.74, 6) is 1.70. The summed E-state index contributed by atoms with van der Waals surface area (Å²) in [6.07, 6.45) is 4.77. The van der Waals surface area contributed by atoms with Crippen LogP contribution in [0.2, 0.25) is 0 Å². The highest BCUT2D eigenvalue weighted by atomic mass is 16.5. The number of carbonyl (C=O) groups excluding carboxylic acids is 1.